The Morgan fingerprint density at radius 1 is 0.919 bits per heavy atom. The number of hydrazone groups is 1. The molecule has 4 nitrogen and oxygen atoms in total. The van der Waals surface area contributed by atoms with Gasteiger partial charge in [-0.15, -0.1) is 0 Å². The molecule has 1 amide bonds. The van der Waals surface area contributed by atoms with E-state index in [1.165, 1.54) is 82.0 Å². The summed E-state index contributed by atoms with van der Waals surface area (Å²) in [5, 5.41) is 6.52. The summed E-state index contributed by atoms with van der Waals surface area (Å²) < 4.78 is 0. The third-order valence-corrected chi connectivity index (χ3v) is 8.19. The number of anilines is 1. The summed E-state index contributed by atoms with van der Waals surface area (Å²) in [6.45, 7) is 12.1. The number of rotatable bonds is 18. The van der Waals surface area contributed by atoms with Crippen LogP contribution in [0.15, 0.2) is 28.9 Å². The molecule has 0 fully saturated rings. The minimum atomic E-state index is 0.0921. The number of carbonyl (C=O) groups excluding carboxylic acids is 1. The smallest absolute Gasteiger partial charge is 0.275 e. The van der Waals surface area contributed by atoms with E-state index in [0.717, 1.165) is 68.0 Å². The Kier molecular flexibility index (Phi) is 12.7. The van der Waals surface area contributed by atoms with Crippen LogP contribution in [0.4, 0.5) is 5.69 Å². The lowest BCUT2D eigenvalue weighted by Gasteiger charge is -2.25. The van der Waals surface area contributed by atoms with Gasteiger partial charge in [0.15, 0.2) is 0 Å². The largest absolute Gasteiger partial charge is 0.371 e. The van der Waals surface area contributed by atoms with Crippen molar-refractivity contribution in [1.29, 1.82) is 0 Å². The number of hydrogen-bond donors (Lipinski definition) is 0. The minimum absolute atomic E-state index is 0.0921. The Morgan fingerprint density at radius 3 is 2.41 bits per heavy atom. The van der Waals surface area contributed by atoms with Crippen LogP contribution in [0.1, 0.15) is 129 Å². The van der Waals surface area contributed by atoms with Crippen LogP contribution in [-0.4, -0.2) is 36.3 Å². The molecule has 37 heavy (non-hydrogen) atoms. The normalized spacial score (nSPS) is 17.1. The predicted octanol–water partition coefficient (Wildman–Crippen LogP) is 8.79. The molecule has 0 aromatic heterocycles. The summed E-state index contributed by atoms with van der Waals surface area (Å²) in [6.07, 6.45) is 20.3. The molecule has 0 spiro atoms. The van der Waals surface area contributed by atoms with Crippen molar-refractivity contribution in [3.8, 4) is 0 Å². The zero-order valence-corrected chi connectivity index (χ0v) is 24.4. The average Bonchev–Trinajstić information content (AvgIpc) is 3.44. The Morgan fingerprint density at radius 2 is 1.65 bits per heavy atom. The molecule has 0 bridgehead atoms. The van der Waals surface area contributed by atoms with Crippen LogP contribution in [0.3, 0.4) is 0 Å². The highest BCUT2D eigenvalue weighted by atomic mass is 16.2. The molecule has 1 atom stereocenters. The topological polar surface area (TPSA) is 35.9 Å². The Labute approximate surface area is 227 Å². The van der Waals surface area contributed by atoms with Crippen molar-refractivity contribution in [2.45, 2.75) is 124 Å². The van der Waals surface area contributed by atoms with Crippen molar-refractivity contribution < 1.29 is 4.79 Å². The molecule has 1 aromatic rings. The Balaban J connectivity index is 1.68. The fourth-order valence-electron chi connectivity index (χ4n) is 5.72. The number of nitrogens with zero attached hydrogens (tertiary/aromatic N) is 3. The molecule has 3 rings (SSSR count). The second kappa shape index (κ2) is 16.0. The van der Waals surface area contributed by atoms with Crippen LogP contribution in [0, 0.1) is 5.92 Å². The van der Waals surface area contributed by atoms with Gasteiger partial charge >= 0.3 is 0 Å². The fraction of sp³-hybridized carbons (Fsp3) is 0.697. The Bertz CT molecular complexity index is 903. The molecule has 2 aliphatic rings. The Hall–Kier alpha value is -2.10. The van der Waals surface area contributed by atoms with E-state index < -0.39 is 0 Å². The molecule has 1 unspecified atom stereocenters. The maximum atomic E-state index is 13.3. The molecule has 0 N–H and O–H groups in total. The standard InChI is InChI=1S/C33H53N3O/c1-5-9-12-13-14-16-18-31-30(33(37)36(34-31)22-11-7-3)25-28-19-20-32-29(24-28)21-23-35(32)26-27(8-4)17-15-10-6-2/h19-20,24-25,27H,5-18,21-23,26H2,1-4H3. The molecule has 0 saturated heterocycles. The molecule has 0 radical (unpaired) electrons. The van der Waals surface area contributed by atoms with E-state index in [4.69, 9.17) is 5.10 Å². The van der Waals surface area contributed by atoms with Gasteiger partial charge in [-0.05, 0) is 67.4 Å². The van der Waals surface area contributed by atoms with E-state index in [1.807, 2.05) is 0 Å². The number of carbonyl (C=O) groups is 1. The molecule has 2 heterocycles. The first-order chi connectivity index (χ1) is 18.1. The molecular weight excluding hydrogens is 454 g/mol. The third kappa shape index (κ3) is 8.72. The van der Waals surface area contributed by atoms with Gasteiger partial charge in [0.05, 0.1) is 11.3 Å². The number of benzene rings is 1. The highest BCUT2D eigenvalue weighted by Crippen LogP contribution is 2.32. The monoisotopic (exact) mass is 507 g/mol. The van der Waals surface area contributed by atoms with Crippen molar-refractivity contribution in [3.63, 3.8) is 0 Å². The van der Waals surface area contributed by atoms with Gasteiger partial charge in [-0.3, -0.25) is 4.79 Å². The van der Waals surface area contributed by atoms with Crippen LogP contribution in [0.2, 0.25) is 0 Å². The molecule has 4 heteroatoms. The van der Waals surface area contributed by atoms with Crippen molar-refractivity contribution >= 4 is 23.4 Å². The van der Waals surface area contributed by atoms with Crippen LogP contribution in [0.5, 0.6) is 0 Å². The van der Waals surface area contributed by atoms with Gasteiger partial charge in [-0.2, -0.15) is 5.10 Å². The summed E-state index contributed by atoms with van der Waals surface area (Å²) in [7, 11) is 0. The lowest BCUT2D eigenvalue weighted by atomic mass is 9.97. The summed E-state index contributed by atoms with van der Waals surface area (Å²) >= 11 is 0. The van der Waals surface area contributed by atoms with Crippen molar-refractivity contribution in [2.24, 2.45) is 11.0 Å². The van der Waals surface area contributed by atoms with Crippen molar-refractivity contribution in [3.05, 3.63) is 34.9 Å². The summed E-state index contributed by atoms with van der Waals surface area (Å²) in [5.74, 6) is 0.875. The second-order valence-corrected chi connectivity index (χ2v) is 11.3. The van der Waals surface area contributed by atoms with Crippen LogP contribution >= 0.6 is 0 Å². The zero-order valence-electron chi connectivity index (χ0n) is 24.4. The van der Waals surface area contributed by atoms with E-state index in [1.54, 1.807) is 5.01 Å². The fourth-order valence-corrected chi connectivity index (χ4v) is 5.72. The number of unbranched alkanes of at least 4 members (excludes halogenated alkanes) is 8. The van der Waals surface area contributed by atoms with Gasteiger partial charge in [-0.1, -0.05) is 98.0 Å². The second-order valence-electron chi connectivity index (χ2n) is 11.3. The van der Waals surface area contributed by atoms with Crippen LogP contribution in [-0.2, 0) is 11.2 Å². The highest BCUT2D eigenvalue weighted by Gasteiger charge is 2.29. The van der Waals surface area contributed by atoms with E-state index in [9.17, 15) is 4.79 Å². The highest BCUT2D eigenvalue weighted by molar-refractivity contribution is 6.27. The third-order valence-electron chi connectivity index (χ3n) is 8.19. The molecule has 1 aromatic carbocycles. The summed E-state index contributed by atoms with van der Waals surface area (Å²) in [6, 6.07) is 6.84. The van der Waals surface area contributed by atoms with E-state index in [2.05, 4.69) is 56.9 Å². The SMILES string of the molecule is CCCCCCCCC1=NN(CCCC)C(=O)C1=Cc1ccc2c(c1)CCN2CC(CC)CCCCC. The van der Waals surface area contributed by atoms with Crippen molar-refractivity contribution in [1.82, 2.24) is 5.01 Å². The minimum Gasteiger partial charge on any atom is -0.371 e. The molecule has 0 saturated carbocycles. The van der Waals surface area contributed by atoms with Gasteiger partial charge in [0, 0.05) is 25.3 Å². The quantitative estimate of drug-likeness (QED) is 0.147. The molecule has 2 aliphatic heterocycles. The number of hydrogen-bond acceptors (Lipinski definition) is 3. The van der Waals surface area contributed by atoms with Gasteiger partial charge in [0.1, 0.15) is 0 Å². The summed E-state index contributed by atoms with van der Waals surface area (Å²) in [5.41, 5.74) is 5.80. The van der Waals surface area contributed by atoms with E-state index in [0.29, 0.717) is 0 Å². The van der Waals surface area contributed by atoms with Crippen LogP contribution < -0.4 is 4.90 Å². The lowest BCUT2D eigenvalue weighted by Crippen LogP contribution is -2.27. The first-order valence-electron chi connectivity index (χ1n) is 15.6. The van der Waals surface area contributed by atoms with Crippen LogP contribution in [0.25, 0.3) is 6.08 Å². The van der Waals surface area contributed by atoms with Gasteiger partial charge in [-0.25, -0.2) is 5.01 Å². The van der Waals surface area contributed by atoms with E-state index in [-0.39, 0.29) is 5.91 Å². The molecule has 0 aliphatic carbocycles. The average molecular weight is 508 g/mol. The summed E-state index contributed by atoms with van der Waals surface area (Å²) in [4.78, 5) is 15.9. The van der Waals surface area contributed by atoms with Gasteiger partial charge in [0.2, 0.25) is 0 Å². The maximum absolute atomic E-state index is 13.3. The van der Waals surface area contributed by atoms with Gasteiger partial charge in [0.25, 0.3) is 5.91 Å². The number of fused-ring (bicyclic) bond motifs is 1. The maximum Gasteiger partial charge on any atom is 0.275 e. The van der Waals surface area contributed by atoms with Gasteiger partial charge < -0.3 is 4.90 Å². The number of amides is 1. The molecular formula is C33H53N3O. The molecule has 206 valence electrons. The van der Waals surface area contributed by atoms with Crippen molar-refractivity contribution in [2.75, 3.05) is 24.5 Å². The van der Waals surface area contributed by atoms with E-state index >= 15 is 0 Å². The lowest BCUT2D eigenvalue weighted by molar-refractivity contribution is -0.125. The first kappa shape index (κ1) is 29.5. The zero-order chi connectivity index (χ0) is 26.5. The first-order valence-corrected chi connectivity index (χ1v) is 15.6. The predicted molar refractivity (Wildman–Crippen MR) is 160 cm³/mol.